The number of fused-ring (bicyclic) bond motifs is 3. The molecule has 0 radical (unpaired) electrons. The zero-order valence-electron chi connectivity index (χ0n) is 18.2. The van der Waals surface area contributed by atoms with Crippen LogP contribution in [0.2, 0.25) is 0 Å². The van der Waals surface area contributed by atoms with E-state index >= 15 is 0 Å². The number of nitrogens with zero attached hydrogens (tertiary/aromatic N) is 3. The second kappa shape index (κ2) is 7.23. The predicted octanol–water partition coefficient (Wildman–Crippen LogP) is 6.03. The van der Waals surface area contributed by atoms with Gasteiger partial charge >= 0.3 is 12.2 Å². The minimum atomic E-state index is -4.68. The summed E-state index contributed by atoms with van der Waals surface area (Å²) in [4.78, 5) is 17.2. The van der Waals surface area contributed by atoms with Gasteiger partial charge in [-0.3, -0.25) is 4.79 Å². The van der Waals surface area contributed by atoms with Crippen molar-refractivity contribution in [3.05, 3.63) is 83.4 Å². The van der Waals surface area contributed by atoms with Crippen molar-refractivity contribution in [3.8, 4) is 0 Å². The molecule has 5 rings (SSSR count). The van der Waals surface area contributed by atoms with Gasteiger partial charge in [-0.15, -0.1) is 17.7 Å². The molecule has 0 saturated heterocycles. The van der Waals surface area contributed by atoms with Gasteiger partial charge in [0.15, 0.2) is 5.54 Å². The maximum absolute atomic E-state index is 15.0. The molecule has 1 aliphatic carbocycles. The van der Waals surface area contributed by atoms with E-state index in [9.17, 15) is 18.0 Å². The van der Waals surface area contributed by atoms with E-state index < -0.39 is 16.3 Å². The van der Waals surface area contributed by atoms with Gasteiger partial charge < -0.3 is 4.74 Å². The van der Waals surface area contributed by atoms with E-state index in [-0.39, 0.29) is 17.5 Å². The number of alkyl halides is 3. The molecule has 5 nitrogen and oxygen atoms in total. The number of benzene rings is 1. The number of imidazole rings is 1. The Hall–Kier alpha value is -3.04. The molecule has 2 unspecified atom stereocenters. The fourth-order valence-electron chi connectivity index (χ4n) is 5.34. The number of methoxy groups -OCH3 is 1. The summed E-state index contributed by atoms with van der Waals surface area (Å²) >= 11 is 0.873. The Labute approximate surface area is 193 Å². The quantitative estimate of drug-likeness (QED) is 0.311. The predicted molar refractivity (Wildman–Crippen MR) is 121 cm³/mol. The number of ether oxygens (including phenoxy) is 1. The van der Waals surface area contributed by atoms with Crippen LogP contribution in [0.4, 0.5) is 19.1 Å². The molecule has 9 heteroatoms. The van der Waals surface area contributed by atoms with Crippen LogP contribution in [0.25, 0.3) is 5.70 Å². The van der Waals surface area contributed by atoms with Crippen LogP contribution in [0, 0.1) is 0 Å². The number of quaternary nitrogens is 1. The van der Waals surface area contributed by atoms with Gasteiger partial charge in [-0.2, -0.15) is 4.98 Å². The molecule has 1 spiro atoms. The number of thioether (sulfide) groups is 1. The van der Waals surface area contributed by atoms with Gasteiger partial charge in [-0.05, 0) is 43.3 Å². The maximum atomic E-state index is 15.0. The highest BCUT2D eigenvalue weighted by atomic mass is 32.2. The number of aromatic nitrogens is 2. The maximum Gasteiger partial charge on any atom is 0.574 e. The highest BCUT2D eigenvalue weighted by Gasteiger charge is 2.76. The molecule has 3 heterocycles. The largest absolute Gasteiger partial charge is 0.574 e. The molecule has 1 aromatic heterocycles. The summed E-state index contributed by atoms with van der Waals surface area (Å²) in [5.74, 6) is 0.372. The van der Waals surface area contributed by atoms with Gasteiger partial charge in [-0.25, -0.2) is 4.57 Å². The van der Waals surface area contributed by atoms with E-state index in [0.717, 1.165) is 23.5 Å². The molecule has 0 fully saturated rings. The summed E-state index contributed by atoms with van der Waals surface area (Å²) in [6, 6.07) is 8.64. The summed E-state index contributed by atoms with van der Waals surface area (Å²) in [7, 11) is 1.52. The van der Waals surface area contributed by atoms with Crippen LogP contribution in [-0.4, -0.2) is 33.6 Å². The molecule has 33 heavy (non-hydrogen) atoms. The van der Waals surface area contributed by atoms with E-state index in [1.165, 1.54) is 23.9 Å². The molecule has 1 aromatic carbocycles. The van der Waals surface area contributed by atoms with Crippen molar-refractivity contribution in [3.63, 3.8) is 0 Å². The van der Waals surface area contributed by atoms with Gasteiger partial charge in [0.1, 0.15) is 22.7 Å². The van der Waals surface area contributed by atoms with Crippen molar-refractivity contribution in [2.75, 3.05) is 7.11 Å². The molecular weight excluding hydrogens is 451 g/mol. The molecule has 170 valence electrons. The normalized spacial score (nSPS) is 25.8. The Morgan fingerprint density at radius 3 is 2.61 bits per heavy atom. The third kappa shape index (κ3) is 2.72. The average Bonchev–Trinajstić information content (AvgIpc) is 3.28. The van der Waals surface area contributed by atoms with Crippen molar-refractivity contribution in [2.45, 2.75) is 37.1 Å². The van der Waals surface area contributed by atoms with E-state index in [1.807, 2.05) is 0 Å². The Balaban J connectivity index is 1.78. The number of hydrogen-bond acceptors (Lipinski definition) is 4. The zero-order valence-corrected chi connectivity index (χ0v) is 19.0. The number of rotatable bonds is 3. The molecule has 0 N–H and O–H groups in total. The Kier molecular flexibility index (Phi) is 4.77. The Bertz CT molecular complexity index is 1290. The molecule has 0 amide bonds. The summed E-state index contributed by atoms with van der Waals surface area (Å²) in [6.45, 7) is 3.55. The zero-order chi connectivity index (χ0) is 23.6. The first-order valence-electron chi connectivity index (χ1n) is 10.3. The van der Waals surface area contributed by atoms with E-state index in [1.54, 1.807) is 56.3 Å². The molecule has 3 aliphatic rings. The van der Waals surface area contributed by atoms with Gasteiger partial charge in [0, 0.05) is 17.6 Å². The van der Waals surface area contributed by atoms with Crippen molar-refractivity contribution in [2.24, 2.45) is 0 Å². The van der Waals surface area contributed by atoms with Crippen LogP contribution in [0.5, 0.6) is 0 Å². The van der Waals surface area contributed by atoms with Crippen molar-refractivity contribution in [1.82, 2.24) is 14.0 Å². The van der Waals surface area contributed by atoms with E-state index in [4.69, 9.17) is 4.74 Å². The molecular formula is C24H21F3N3O2S+. The first kappa shape index (κ1) is 21.8. The highest BCUT2D eigenvalue weighted by Crippen LogP contribution is 2.62. The van der Waals surface area contributed by atoms with Crippen LogP contribution >= 0.6 is 11.8 Å². The minimum absolute atomic E-state index is 0.100. The lowest BCUT2D eigenvalue weighted by Gasteiger charge is -2.45. The molecule has 0 saturated carbocycles. The molecule has 2 aliphatic heterocycles. The average molecular weight is 473 g/mol. The summed E-state index contributed by atoms with van der Waals surface area (Å²) in [6.07, 6.45) is 2.58. The van der Waals surface area contributed by atoms with Crippen LogP contribution in [0.15, 0.2) is 82.9 Å². The van der Waals surface area contributed by atoms with Gasteiger partial charge in [-0.1, -0.05) is 36.4 Å². The lowest BCUT2D eigenvalue weighted by atomic mass is 9.77. The van der Waals surface area contributed by atoms with Crippen molar-refractivity contribution < 1.29 is 22.7 Å². The van der Waals surface area contributed by atoms with E-state index in [0.29, 0.717) is 27.6 Å². The van der Waals surface area contributed by atoms with Crippen LogP contribution in [-0.2, 0) is 4.74 Å². The lowest BCUT2D eigenvalue weighted by molar-refractivity contribution is -0.236. The summed E-state index contributed by atoms with van der Waals surface area (Å²) in [5.41, 5.74) is 0.742. The highest BCUT2D eigenvalue weighted by molar-refractivity contribution is 8.14. The Morgan fingerprint density at radius 1 is 1.21 bits per heavy atom. The van der Waals surface area contributed by atoms with Gasteiger partial charge in [0.25, 0.3) is 0 Å². The fourth-order valence-corrected chi connectivity index (χ4v) is 6.15. The SMILES string of the molecule is COC1=C(C)CC23C=CC=C[N+]2(C(F)(F)F)c2ncc(SC(=O)c4ccccc4)n2C3=C1C. The standard InChI is InChI=1S/C24H21F3N3O2S/c1-15-13-23-11-7-8-12-30(23,24(25,26)27)22-28-14-18(29(22)20(23)16(2)19(15)32-3)33-21(31)17-9-5-4-6-10-17/h4-12,14H,13H2,1-3H3/q+1. The Morgan fingerprint density at radius 2 is 1.94 bits per heavy atom. The van der Waals surface area contributed by atoms with Crippen molar-refractivity contribution in [1.29, 1.82) is 0 Å². The fraction of sp³-hybridized carbons (Fsp3) is 0.250. The van der Waals surface area contributed by atoms with Crippen LogP contribution in [0.3, 0.4) is 0 Å². The second-order valence-electron chi connectivity index (χ2n) is 8.27. The third-order valence-electron chi connectivity index (χ3n) is 6.51. The summed E-state index contributed by atoms with van der Waals surface area (Å²) in [5, 5.41) is 0.0650. The molecule has 2 atom stereocenters. The minimum Gasteiger partial charge on any atom is -0.496 e. The van der Waals surface area contributed by atoms with Crippen LogP contribution in [0.1, 0.15) is 30.6 Å². The number of allylic oxidation sites excluding steroid dienone is 3. The van der Waals surface area contributed by atoms with Crippen LogP contribution < -0.4 is 4.48 Å². The first-order valence-corrected chi connectivity index (χ1v) is 11.1. The summed E-state index contributed by atoms with van der Waals surface area (Å²) < 4.78 is 50.6. The number of hydrogen-bond donors (Lipinski definition) is 0. The number of carbonyl (C=O) groups is 1. The number of carbonyl (C=O) groups excluding carboxylic acids is 1. The van der Waals surface area contributed by atoms with Crippen molar-refractivity contribution >= 4 is 28.5 Å². The molecule has 2 aromatic rings. The van der Waals surface area contributed by atoms with Gasteiger partial charge in [0.2, 0.25) is 5.12 Å². The lowest BCUT2D eigenvalue weighted by Crippen LogP contribution is -2.68. The van der Waals surface area contributed by atoms with E-state index in [2.05, 4.69) is 4.98 Å². The topological polar surface area (TPSA) is 44.1 Å². The van der Waals surface area contributed by atoms with Gasteiger partial charge in [0.05, 0.1) is 13.3 Å². The monoisotopic (exact) mass is 472 g/mol. The number of halogens is 3. The third-order valence-corrected chi connectivity index (χ3v) is 7.43. The molecule has 0 bridgehead atoms. The second-order valence-corrected chi connectivity index (χ2v) is 9.26. The smallest absolute Gasteiger partial charge is 0.496 e. The first-order chi connectivity index (χ1) is 15.7.